The van der Waals surface area contributed by atoms with E-state index in [0.717, 1.165) is 0 Å². The van der Waals surface area contributed by atoms with Crippen LogP contribution in [0.25, 0.3) is 0 Å². The second-order valence-electron chi connectivity index (χ2n) is 8.45. The second kappa shape index (κ2) is 9.77. The molecule has 0 unspecified atom stereocenters. The number of ether oxygens (including phenoxy) is 1. The lowest BCUT2D eigenvalue weighted by atomic mass is 9.91. The van der Waals surface area contributed by atoms with E-state index in [1.807, 2.05) is 20.8 Å². The molecule has 1 aromatic carbocycles. The Balaban J connectivity index is 2.07. The van der Waals surface area contributed by atoms with Gasteiger partial charge in [-0.15, -0.1) is 6.42 Å². The van der Waals surface area contributed by atoms with Crippen molar-refractivity contribution in [2.45, 2.75) is 52.3 Å². The lowest BCUT2D eigenvalue weighted by molar-refractivity contribution is -0.140. The van der Waals surface area contributed by atoms with Crippen LogP contribution in [0.2, 0.25) is 0 Å². The molecule has 1 fully saturated rings. The van der Waals surface area contributed by atoms with Gasteiger partial charge in [-0.25, -0.2) is 0 Å². The third-order valence-electron chi connectivity index (χ3n) is 4.62. The fourth-order valence-corrected chi connectivity index (χ4v) is 3.27. The van der Waals surface area contributed by atoms with Gasteiger partial charge in [0.05, 0.1) is 12.7 Å². The Hall–Kier alpha value is -2.56. The minimum absolute atomic E-state index is 0.110. The summed E-state index contributed by atoms with van der Waals surface area (Å²) in [5.74, 6) is 2.55. The number of amides is 2. The van der Waals surface area contributed by atoms with Crippen LogP contribution < -0.4 is 10.1 Å². The summed E-state index contributed by atoms with van der Waals surface area (Å²) in [5, 5.41) is 21.8. The van der Waals surface area contributed by atoms with E-state index < -0.39 is 12.1 Å². The van der Waals surface area contributed by atoms with Crippen LogP contribution in [0, 0.1) is 17.8 Å². The van der Waals surface area contributed by atoms with Gasteiger partial charge in [0.1, 0.15) is 18.4 Å². The summed E-state index contributed by atoms with van der Waals surface area (Å²) < 4.78 is 5.52. The first-order valence-electron chi connectivity index (χ1n) is 9.73. The van der Waals surface area contributed by atoms with Crippen molar-refractivity contribution in [3.05, 3.63) is 29.3 Å². The smallest absolute Gasteiger partial charge is 0.243 e. The molecule has 3 N–H and O–H groups in total. The maximum atomic E-state index is 12.8. The number of hydrogen-bond donors (Lipinski definition) is 3. The summed E-state index contributed by atoms with van der Waals surface area (Å²) in [4.78, 5) is 26.8. The molecule has 1 aromatic rings. The van der Waals surface area contributed by atoms with Crippen LogP contribution in [0.5, 0.6) is 5.75 Å². The van der Waals surface area contributed by atoms with Crippen LogP contribution in [-0.4, -0.2) is 58.8 Å². The first-order valence-corrected chi connectivity index (χ1v) is 9.73. The van der Waals surface area contributed by atoms with Crippen molar-refractivity contribution < 1.29 is 24.5 Å². The molecule has 2 atom stereocenters. The topological polar surface area (TPSA) is 99.1 Å². The standard InChI is InChI=1S/C22H30N2O5/c1-5-15-6-7-16(19(10-15)29-9-8-25)13-23-21(28)18-11-17(26)14-24(18)20(27)12-22(2,3)4/h1,6-7,10,17-18,25-26H,8-9,11-14H2,2-4H3,(H,23,28)/t17-,18+/m1/s1. The van der Waals surface area contributed by atoms with Crippen molar-refractivity contribution in [1.82, 2.24) is 10.2 Å². The molecule has 29 heavy (non-hydrogen) atoms. The molecule has 2 rings (SSSR count). The Morgan fingerprint density at radius 2 is 2.10 bits per heavy atom. The maximum Gasteiger partial charge on any atom is 0.243 e. The van der Waals surface area contributed by atoms with Crippen LogP contribution in [0.1, 0.15) is 44.7 Å². The van der Waals surface area contributed by atoms with Gasteiger partial charge in [-0.05, 0) is 17.5 Å². The molecule has 1 saturated heterocycles. The number of carbonyl (C=O) groups is 2. The van der Waals surface area contributed by atoms with E-state index in [1.54, 1.807) is 18.2 Å². The molecule has 0 aliphatic carbocycles. The normalized spacial score (nSPS) is 19.0. The van der Waals surface area contributed by atoms with Crippen LogP contribution in [-0.2, 0) is 16.1 Å². The minimum Gasteiger partial charge on any atom is -0.491 e. The highest BCUT2D eigenvalue weighted by Gasteiger charge is 2.39. The average Bonchev–Trinajstić information content (AvgIpc) is 3.05. The summed E-state index contributed by atoms with van der Waals surface area (Å²) >= 11 is 0. The average molecular weight is 402 g/mol. The van der Waals surface area contributed by atoms with Gasteiger partial charge >= 0.3 is 0 Å². The number of hydrogen-bond acceptors (Lipinski definition) is 5. The van der Waals surface area contributed by atoms with Crippen LogP contribution in [0.15, 0.2) is 18.2 Å². The van der Waals surface area contributed by atoms with Crippen LogP contribution >= 0.6 is 0 Å². The Morgan fingerprint density at radius 3 is 2.72 bits per heavy atom. The fraction of sp³-hybridized carbons (Fsp3) is 0.545. The molecule has 1 aliphatic heterocycles. The highest BCUT2D eigenvalue weighted by Crippen LogP contribution is 2.26. The Kier molecular flexibility index (Phi) is 7.66. The molecule has 7 nitrogen and oxygen atoms in total. The number of rotatable bonds is 7. The molecule has 0 aromatic heterocycles. The number of benzene rings is 1. The highest BCUT2D eigenvalue weighted by molar-refractivity contribution is 5.88. The first kappa shape index (κ1) is 22.7. The zero-order valence-electron chi connectivity index (χ0n) is 17.3. The third kappa shape index (κ3) is 6.48. The molecule has 0 bridgehead atoms. The van der Waals surface area contributed by atoms with E-state index in [0.29, 0.717) is 23.3 Å². The quantitative estimate of drug-likeness (QED) is 0.592. The molecule has 158 valence electrons. The number of aliphatic hydroxyl groups excluding tert-OH is 2. The molecule has 0 radical (unpaired) electrons. The maximum absolute atomic E-state index is 12.8. The molecule has 1 heterocycles. The second-order valence-corrected chi connectivity index (χ2v) is 8.45. The molecule has 2 amide bonds. The number of terminal acetylenes is 1. The predicted molar refractivity (Wildman–Crippen MR) is 109 cm³/mol. The number of aliphatic hydroxyl groups is 2. The molecular formula is C22H30N2O5. The minimum atomic E-state index is -0.715. The van der Waals surface area contributed by atoms with Crippen molar-refractivity contribution in [3.63, 3.8) is 0 Å². The van der Waals surface area contributed by atoms with Gasteiger partial charge in [-0.2, -0.15) is 0 Å². The summed E-state index contributed by atoms with van der Waals surface area (Å²) in [6.45, 7) is 6.18. The van der Waals surface area contributed by atoms with Crippen LogP contribution in [0.3, 0.4) is 0 Å². The largest absolute Gasteiger partial charge is 0.491 e. The first-order chi connectivity index (χ1) is 13.6. The predicted octanol–water partition coefficient (Wildman–Crippen LogP) is 1.05. The summed E-state index contributed by atoms with van der Waals surface area (Å²) in [5.41, 5.74) is 1.13. The summed E-state index contributed by atoms with van der Waals surface area (Å²) in [7, 11) is 0. The van der Waals surface area contributed by atoms with E-state index in [2.05, 4.69) is 11.2 Å². The van der Waals surface area contributed by atoms with Gasteiger partial charge in [0.2, 0.25) is 11.8 Å². The van der Waals surface area contributed by atoms with Crippen LogP contribution in [0.4, 0.5) is 0 Å². The number of carbonyl (C=O) groups excluding carboxylic acids is 2. The van der Waals surface area contributed by atoms with Gasteiger partial charge in [-0.1, -0.05) is 32.8 Å². The van der Waals surface area contributed by atoms with Gasteiger partial charge in [0, 0.05) is 37.1 Å². The zero-order chi connectivity index (χ0) is 21.6. The summed E-state index contributed by atoms with van der Waals surface area (Å²) in [6, 6.07) is 4.47. The lowest BCUT2D eigenvalue weighted by Crippen LogP contribution is -2.46. The van der Waals surface area contributed by atoms with E-state index in [-0.39, 0.29) is 50.0 Å². The van der Waals surface area contributed by atoms with E-state index >= 15 is 0 Å². The zero-order valence-corrected chi connectivity index (χ0v) is 17.3. The van der Waals surface area contributed by atoms with Crippen molar-refractivity contribution in [2.75, 3.05) is 19.8 Å². The number of β-amino-alcohol motifs (C(OH)–C–C–N with tert-alkyl or cyclic N) is 1. The van der Waals surface area contributed by atoms with Gasteiger partial charge < -0.3 is 25.2 Å². The number of nitrogens with zero attached hydrogens (tertiary/aromatic N) is 1. The molecule has 7 heteroatoms. The van der Waals surface area contributed by atoms with Crippen molar-refractivity contribution in [3.8, 4) is 18.1 Å². The fourth-order valence-electron chi connectivity index (χ4n) is 3.27. The van der Waals surface area contributed by atoms with Crippen molar-refractivity contribution >= 4 is 11.8 Å². The number of likely N-dealkylation sites (tertiary alicyclic amines) is 1. The van der Waals surface area contributed by atoms with E-state index in [4.69, 9.17) is 16.3 Å². The van der Waals surface area contributed by atoms with E-state index in [9.17, 15) is 14.7 Å². The summed E-state index contributed by atoms with van der Waals surface area (Å²) in [6.07, 6.45) is 5.22. The molecular weight excluding hydrogens is 372 g/mol. The Labute approximate surface area is 172 Å². The SMILES string of the molecule is C#Cc1ccc(CNC(=O)[C@@H]2C[C@@H](O)CN2C(=O)CC(C)(C)C)c(OCCO)c1. The van der Waals surface area contributed by atoms with Gasteiger partial charge in [0.15, 0.2) is 0 Å². The lowest BCUT2D eigenvalue weighted by Gasteiger charge is -2.27. The molecule has 0 spiro atoms. The third-order valence-corrected chi connectivity index (χ3v) is 4.62. The van der Waals surface area contributed by atoms with Gasteiger partial charge in [-0.3, -0.25) is 9.59 Å². The Bertz CT molecular complexity index is 778. The van der Waals surface area contributed by atoms with Crippen molar-refractivity contribution in [2.24, 2.45) is 5.41 Å². The highest BCUT2D eigenvalue weighted by atomic mass is 16.5. The molecule has 0 saturated carbocycles. The van der Waals surface area contributed by atoms with Crippen molar-refractivity contribution in [1.29, 1.82) is 0 Å². The Morgan fingerprint density at radius 1 is 1.38 bits per heavy atom. The van der Waals surface area contributed by atoms with Gasteiger partial charge in [0.25, 0.3) is 0 Å². The monoisotopic (exact) mass is 402 g/mol. The number of nitrogens with one attached hydrogen (secondary N) is 1. The molecule has 1 aliphatic rings. The van der Waals surface area contributed by atoms with E-state index in [1.165, 1.54) is 4.90 Å².